The molecular formula is C52H35NS. The molecule has 0 amide bonds. The summed E-state index contributed by atoms with van der Waals surface area (Å²) in [4.78, 5) is 2.43. The molecule has 9 aromatic carbocycles. The van der Waals surface area contributed by atoms with E-state index in [0.717, 1.165) is 11.4 Å². The maximum Gasteiger partial charge on any atom is 0.0640 e. The maximum absolute atomic E-state index is 2.43. The average Bonchev–Trinajstić information content (AvgIpc) is 3.65. The quantitative estimate of drug-likeness (QED) is 0.160. The van der Waals surface area contributed by atoms with Crippen molar-refractivity contribution in [3.8, 4) is 44.5 Å². The Morgan fingerprint density at radius 1 is 0.296 bits per heavy atom. The third kappa shape index (κ3) is 5.65. The standard InChI is InChI=1S/C52H35NS/c1-4-14-36(15-5-1)37-26-31-42(32-27-37)53(49-25-13-24-48-47-23-12-22-46(51(47)54-52(48)49)38-16-6-2-7-17-38)43-33-28-40(29-34-43)45-35-30-39-18-10-11-21-44(39)50(45)41-19-8-3-9-20-41/h1-35H. The molecule has 0 N–H and O–H groups in total. The van der Waals surface area contributed by atoms with Crippen molar-refractivity contribution in [2.45, 2.75) is 0 Å². The van der Waals surface area contributed by atoms with E-state index in [9.17, 15) is 0 Å². The number of anilines is 3. The van der Waals surface area contributed by atoms with Gasteiger partial charge in [-0.1, -0.05) is 182 Å². The smallest absolute Gasteiger partial charge is 0.0640 e. The second-order valence-electron chi connectivity index (χ2n) is 13.7. The minimum atomic E-state index is 1.11. The van der Waals surface area contributed by atoms with Gasteiger partial charge in [-0.05, 0) is 85.6 Å². The molecular weight excluding hydrogens is 671 g/mol. The molecule has 1 nitrogen and oxygen atoms in total. The van der Waals surface area contributed by atoms with Crippen LogP contribution in [0.1, 0.15) is 0 Å². The van der Waals surface area contributed by atoms with Crippen LogP contribution in [0, 0.1) is 0 Å². The molecule has 254 valence electrons. The highest BCUT2D eigenvalue weighted by molar-refractivity contribution is 7.27. The van der Waals surface area contributed by atoms with Crippen LogP contribution in [-0.4, -0.2) is 0 Å². The van der Waals surface area contributed by atoms with Gasteiger partial charge in [-0.2, -0.15) is 0 Å². The lowest BCUT2D eigenvalue weighted by Gasteiger charge is -2.26. The van der Waals surface area contributed by atoms with Crippen molar-refractivity contribution in [3.05, 3.63) is 212 Å². The second-order valence-corrected chi connectivity index (χ2v) is 14.7. The first-order valence-electron chi connectivity index (χ1n) is 18.4. The molecule has 0 spiro atoms. The number of rotatable bonds is 7. The summed E-state index contributed by atoms with van der Waals surface area (Å²) in [6.45, 7) is 0. The lowest BCUT2D eigenvalue weighted by Crippen LogP contribution is -2.10. The lowest BCUT2D eigenvalue weighted by atomic mass is 9.90. The Hall–Kier alpha value is -6.74. The van der Waals surface area contributed by atoms with Crippen LogP contribution in [0.5, 0.6) is 0 Å². The number of hydrogen-bond donors (Lipinski definition) is 0. The van der Waals surface area contributed by atoms with Crippen LogP contribution in [0.4, 0.5) is 17.1 Å². The molecule has 0 fully saturated rings. The zero-order chi connectivity index (χ0) is 35.8. The number of fused-ring (bicyclic) bond motifs is 4. The first kappa shape index (κ1) is 32.0. The molecule has 0 radical (unpaired) electrons. The van der Waals surface area contributed by atoms with E-state index < -0.39 is 0 Å². The molecule has 1 heterocycles. The topological polar surface area (TPSA) is 3.24 Å². The van der Waals surface area contributed by atoms with Crippen LogP contribution >= 0.6 is 11.3 Å². The molecule has 0 saturated carbocycles. The van der Waals surface area contributed by atoms with E-state index in [0.29, 0.717) is 0 Å². The van der Waals surface area contributed by atoms with Crippen LogP contribution in [0.15, 0.2) is 212 Å². The summed E-state index contributed by atoms with van der Waals surface area (Å²) in [5.74, 6) is 0. The molecule has 1 aromatic heterocycles. The largest absolute Gasteiger partial charge is 0.309 e. The molecule has 0 aliphatic carbocycles. The number of benzene rings is 9. The van der Waals surface area contributed by atoms with Crippen LogP contribution < -0.4 is 4.90 Å². The Morgan fingerprint density at radius 2 is 0.796 bits per heavy atom. The van der Waals surface area contributed by atoms with Gasteiger partial charge in [0.05, 0.1) is 10.4 Å². The number of thiophene rings is 1. The third-order valence-corrected chi connectivity index (χ3v) is 11.8. The fourth-order valence-corrected chi connectivity index (χ4v) is 9.25. The van der Waals surface area contributed by atoms with E-state index in [1.54, 1.807) is 0 Å². The van der Waals surface area contributed by atoms with Crippen molar-refractivity contribution in [2.24, 2.45) is 0 Å². The second kappa shape index (κ2) is 13.7. The minimum Gasteiger partial charge on any atom is -0.309 e. The summed E-state index contributed by atoms with van der Waals surface area (Å²) < 4.78 is 2.58. The zero-order valence-corrected chi connectivity index (χ0v) is 30.4. The van der Waals surface area contributed by atoms with Crippen LogP contribution in [0.3, 0.4) is 0 Å². The van der Waals surface area contributed by atoms with Crippen molar-refractivity contribution in [1.82, 2.24) is 0 Å². The molecule has 54 heavy (non-hydrogen) atoms. The van der Waals surface area contributed by atoms with Gasteiger partial charge in [0, 0.05) is 26.8 Å². The fourth-order valence-electron chi connectivity index (χ4n) is 7.91. The number of hydrogen-bond acceptors (Lipinski definition) is 2. The van der Waals surface area contributed by atoms with E-state index in [-0.39, 0.29) is 0 Å². The Balaban J connectivity index is 1.14. The van der Waals surface area contributed by atoms with E-state index in [1.807, 2.05) is 11.3 Å². The predicted molar refractivity (Wildman–Crippen MR) is 233 cm³/mol. The van der Waals surface area contributed by atoms with Crippen molar-refractivity contribution in [1.29, 1.82) is 0 Å². The summed E-state index contributed by atoms with van der Waals surface area (Å²) in [5.41, 5.74) is 13.2. The fraction of sp³-hybridized carbons (Fsp3) is 0. The van der Waals surface area contributed by atoms with Crippen molar-refractivity contribution < 1.29 is 0 Å². The van der Waals surface area contributed by atoms with Gasteiger partial charge in [0.2, 0.25) is 0 Å². The van der Waals surface area contributed by atoms with E-state index in [2.05, 4.69) is 217 Å². The molecule has 2 heteroatoms. The molecule has 0 saturated heterocycles. The molecule has 10 rings (SSSR count). The van der Waals surface area contributed by atoms with E-state index in [1.165, 1.54) is 81.1 Å². The van der Waals surface area contributed by atoms with Gasteiger partial charge in [-0.25, -0.2) is 0 Å². The van der Waals surface area contributed by atoms with Crippen molar-refractivity contribution >= 4 is 59.3 Å². The summed E-state index contributed by atoms with van der Waals surface area (Å²) in [7, 11) is 0. The summed E-state index contributed by atoms with van der Waals surface area (Å²) in [6, 6.07) is 77.0. The van der Waals surface area contributed by atoms with Gasteiger partial charge in [-0.3, -0.25) is 0 Å². The Labute approximate surface area is 319 Å². The first-order valence-corrected chi connectivity index (χ1v) is 19.2. The molecule has 0 aliphatic heterocycles. The van der Waals surface area contributed by atoms with Crippen molar-refractivity contribution in [2.75, 3.05) is 4.90 Å². The van der Waals surface area contributed by atoms with Gasteiger partial charge in [0.15, 0.2) is 0 Å². The van der Waals surface area contributed by atoms with Crippen LogP contribution in [-0.2, 0) is 0 Å². The minimum absolute atomic E-state index is 1.11. The van der Waals surface area contributed by atoms with E-state index in [4.69, 9.17) is 0 Å². The normalized spacial score (nSPS) is 11.3. The van der Waals surface area contributed by atoms with E-state index >= 15 is 0 Å². The molecule has 10 aromatic rings. The summed E-state index contributed by atoms with van der Waals surface area (Å²) >= 11 is 1.89. The molecule has 0 aliphatic rings. The Morgan fingerprint density at radius 3 is 1.48 bits per heavy atom. The monoisotopic (exact) mass is 705 g/mol. The van der Waals surface area contributed by atoms with Crippen LogP contribution in [0.25, 0.3) is 75.5 Å². The van der Waals surface area contributed by atoms with Crippen LogP contribution in [0.2, 0.25) is 0 Å². The highest BCUT2D eigenvalue weighted by atomic mass is 32.1. The van der Waals surface area contributed by atoms with Gasteiger partial charge in [-0.15, -0.1) is 11.3 Å². The third-order valence-electron chi connectivity index (χ3n) is 10.5. The number of nitrogens with zero attached hydrogens (tertiary/aromatic N) is 1. The molecule has 0 bridgehead atoms. The van der Waals surface area contributed by atoms with Gasteiger partial charge in [0.25, 0.3) is 0 Å². The Kier molecular flexibility index (Phi) is 8.09. The lowest BCUT2D eigenvalue weighted by molar-refractivity contribution is 1.30. The first-order chi connectivity index (χ1) is 26.8. The zero-order valence-electron chi connectivity index (χ0n) is 29.6. The average molecular weight is 706 g/mol. The maximum atomic E-state index is 2.43. The highest BCUT2D eigenvalue weighted by Crippen LogP contribution is 2.48. The van der Waals surface area contributed by atoms with Gasteiger partial charge >= 0.3 is 0 Å². The summed E-state index contributed by atoms with van der Waals surface area (Å²) in [6.07, 6.45) is 0. The van der Waals surface area contributed by atoms with Crippen molar-refractivity contribution in [3.63, 3.8) is 0 Å². The predicted octanol–water partition coefficient (Wildman–Crippen LogP) is 15.3. The van der Waals surface area contributed by atoms with Gasteiger partial charge in [0.1, 0.15) is 0 Å². The molecule has 0 unspecified atom stereocenters. The Bertz CT molecular complexity index is 2890. The highest BCUT2D eigenvalue weighted by Gasteiger charge is 2.20. The summed E-state index contributed by atoms with van der Waals surface area (Å²) in [5, 5.41) is 5.07. The molecule has 0 atom stereocenters. The SMILES string of the molecule is c1ccc(-c2ccc(N(c3ccc(-c4ccc5ccccc5c4-c4ccccc4)cc3)c3cccc4c3sc3c(-c5ccccc5)cccc34)cc2)cc1. The van der Waals surface area contributed by atoms with Gasteiger partial charge < -0.3 is 4.90 Å².